The van der Waals surface area contributed by atoms with Crippen molar-refractivity contribution >= 4 is 23.4 Å². The molecule has 0 radical (unpaired) electrons. The van der Waals surface area contributed by atoms with Crippen LogP contribution in [-0.2, 0) is 19.1 Å². The summed E-state index contributed by atoms with van der Waals surface area (Å²) in [5.74, 6) is -1.74. The predicted molar refractivity (Wildman–Crippen MR) is 153 cm³/mol. The molecule has 3 fully saturated rings. The Morgan fingerprint density at radius 3 is 2.38 bits per heavy atom. The Balaban J connectivity index is 1.67. The van der Waals surface area contributed by atoms with Crippen LogP contribution in [0.2, 0.25) is 0 Å². The Kier molecular flexibility index (Phi) is 8.06. The van der Waals surface area contributed by atoms with Crippen molar-refractivity contribution in [3.63, 3.8) is 0 Å². The highest BCUT2D eigenvalue weighted by Crippen LogP contribution is 2.65. The van der Waals surface area contributed by atoms with Gasteiger partial charge in [-0.1, -0.05) is 27.7 Å². The summed E-state index contributed by atoms with van der Waals surface area (Å²) in [5.41, 5.74) is -1.97. The summed E-state index contributed by atoms with van der Waals surface area (Å²) < 4.78 is 12.3. The molecule has 3 saturated heterocycles. The lowest BCUT2D eigenvalue weighted by molar-refractivity contribution is -0.147. The standard InChI is InChI=1S/C31H47N3O6/c1-9-39-21-13-11-20(12-14-21)32-25(36)22-23-27(38)34(15-10-16-35)24(31(23)17-19(2)30(22,8)40-31)26(37)33-29(6,7)18-28(3,4)5/h11-14,19,22-24,35H,9-10,15-18H2,1-8H3,(H,32,36)(H,33,37)/t19?,22-,23+,24?,30+,31?/m1/s1. The molecule has 2 bridgehead atoms. The third-order valence-electron chi connectivity index (χ3n) is 8.77. The Labute approximate surface area is 238 Å². The third kappa shape index (κ3) is 5.34. The smallest absolute Gasteiger partial charge is 0.246 e. The van der Waals surface area contributed by atoms with Gasteiger partial charge in [-0.3, -0.25) is 14.4 Å². The number of aliphatic hydroxyl groups excluding tert-OH is 1. The number of hydrogen-bond donors (Lipinski definition) is 3. The van der Waals surface area contributed by atoms with E-state index in [1.165, 1.54) is 0 Å². The van der Waals surface area contributed by atoms with E-state index in [-0.39, 0.29) is 42.2 Å². The summed E-state index contributed by atoms with van der Waals surface area (Å²) in [4.78, 5) is 43.7. The molecule has 0 aromatic heterocycles. The minimum absolute atomic E-state index is 0.0198. The molecule has 1 aromatic carbocycles. The van der Waals surface area contributed by atoms with E-state index in [2.05, 4.69) is 31.4 Å². The molecule has 4 rings (SSSR count). The number of rotatable bonds is 10. The van der Waals surface area contributed by atoms with Gasteiger partial charge in [0.25, 0.3) is 0 Å². The molecule has 9 heteroatoms. The van der Waals surface area contributed by atoms with Gasteiger partial charge < -0.3 is 30.1 Å². The second kappa shape index (κ2) is 10.6. The first kappa shape index (κ1) is 30.3. The van der Waals surface area contributed by atoms with Crippen LogP contribution in [0.5, 0.6) is 5.75 Å². The highest BCUT2D eigenvalue weighted by molar-refractivity contribution is 6.02. The monoisotopic (exact) mass is 557 g/mol. The molecule has 0 aliphatic carbocycles. The van der Waals surface area contributed by atoms with E-state index in [4.69, 9.17) is 9.47 Å². The van der Waals surface area contributed by atoms with Gasteiger partial charge in [0.2, 0.25) is 17.7 Å². The lowest BCUT2D eigenvalue weighted by Gasteiger charge is -2.38. The molecule has 222 valence electrons. The quantitative estimate of drug-likeness (QED) is 0.404. The summed E-state index contributed by atoms with van der Waals surface area (Å²) in [5, 5.41) is 15.8. The van der Waals surface area contributed by atoms with Crippen LogP contribution >= 0.6 is 0 Å². The zero-order valence-electron chi connectivity index (χ0n) is 25.3. The Morgan fingerprint density at radius 1 is 1.15 bits per heavy atom. The van der Waals surface area contributed by atoms with Gasteiger partial charge >= 0.3 is 0 Å². The van der Waals surface area contributed by atoms with Crippen molar-refractivity contribution < 1.29 is 29.0 Å². The number of amides is 3. The summed E-state index contributed by atoms with van der Waals surface area (Å²) in [6, 6.07) is 6.24. The van der Waals surface area contributed by atoms with Crippen LogP contribution in [0.1, 0.15) is 74.7 Å². The molecule has 3 aliphatic heterocycles. The highest BCUT2D eigenvalue weighted by atomic mass is 16.5. The Bertz CT molecular complexity index is 1130. The van der Waals surface area contributed by atoms with Crippen molar-refractivity contribution in [2.75, 3.05) is 25.1 Å². The number of benzene rings is 1. The van der Waals surface area contributed by atoms with Crippen LogP contribution in [0.3, 0.4) is 0 Å². The van der Waals surface area contributed by atoms with E-state index in [1.54, 1.807) is 29.2 Å². The minimum Gasteiger partial charge on any atom is -0.494 e. The van der Waals surface area contributed by atoms with Crippen molar-refractivity contribution in [2.45, 2.75) is 97.4 Å². The zero-order chi connectivity index (χ0) is 29.7. The van der Waals surface area contributed by atoms with Crippen molar-refractivity contribution in [2.24, 2.45) is 23.2 Å². The molecular weight excluding hydrogens is 510 g/mol. The molecule has 3 amide bonds. The molecule has 6 atom stereocenters. The predicted octanol–water partition coefficient (Wildman–Crippen LogP) is 3.75. The number of carbonyl (C=O) groups is 3. The fourth-order valence-electron chi connectivity index (χ4n) is 7.71. The SMILES string of the molecule is CCOc1ccc(NC(=O)[C@H]2[C@H]3C(=O)N(CCCO)C(C(=O)NC(C)(C)CC(C)(C)C)C34CC(C)[C@]2(C)O4)cc1. The van der Waals surface area contributed by atoms with Crippen LogP contribution in [0, 0.1) is 23.2 Å². The number of hydrogen-bond acceptors (Lipinski definition) is 6. The van der Waals surface area contributed by atoms with Crippen LogP contribution in [-0.4, -0.2) is 70.3 Å². The number of aliphatic hydroxyl groups is 1. The largest absolute Gasteiger partial charge is 0.494 e. The minimum atomic E-state index is -1.12. The van der Waals surface area contributed by atoms with Crippen molar-refractivity contribution in [3.8, 4) is 5.75 Å². The number of likely N-dealkylation sites (tertiary alicyclic amines) is 1. The lowest BCUT2D eigenvalue weighted by Crippen LogP contribution is -2.59. The molecule has 3 aliphatic rings. The first-order chi connectivity index (χ1) is 18.6. The zero-order valence-corrected chi connectivity index (χ0v) is 25.3. The van der Waals surface area contributed by atoms with E-state index in [0.717, 1.165) is 6.42 Å². The van der Waals surface area contributed by atoms with Crippen LogP contribution in [0.15, 0.2) is 24.3 Å². The number of nitrogens with zero attached hydrogens (tertiary/aromatic N) is 1. The fraction of sp³-hybridized carbons (Fsp3) is 0.710. The lowest BCUT2D eigenvalue weighted by atomic mass is 9.62. The first-order valence-corrected chi connectivity index (χ1v) is 14.6. The van der Waals surface area contributed by atoms with Crippen molar-refractivity contribution in [1.82, 2.24) is 10.2 Å². The maximum atomic E-state index is 14.1. The first-order valence-electron chi connectivity index (χ1n) is 14.6. The topological polar surface area (TPSA) is 117 Å². The molecule has 3 N–H and O–H groups in total. The van der Waals surface area contributed by atoms with E-state index in [1.807, 2.05) is 34.6 Å². The van der Waals surface area contributed by atoms with Crippen LogP contribution in [0.25, 0.3) is 0 Å². The van der Waals surface area contributed by atoms with Crippen LogP contribution < -0.4 is 15.4 Å². The van der Waals surface area contributed by atoms with Gasteiger partial charge in [0.15, 0.2) is 0 Å². The summed E-state index contributed by atoms with van der Waals surface area (Å²) in [6.45, 7) is 16.8. The number of carbonyl (C=O) groups excluding carboxylic acids is 3. The molecule has 9 nitrogen and oxygen atoms in total. The maximum absolute atomic E-state index is 14.1. The van der Waals surface area contributed by atoms with Gasteiger partial charge in [0, 0.05) is 24.4 Å². The Morgan fingerprint density at radius 2 is 1.80 bits per heavy atom. The van der Waals surface area contributed by atoms with Gasteiger partial charge in [-0.15, -0.1) is 0 Å². The summed E-state index contributed by atoms with van der Waals surface area (Å²) in [6.07, 6.45) is 1.57. The molecule has 1 spiro atoms. The van der Waals surface area contributed by atoms with Gasteiger partial charge in [0.1, 0.15) is 17.4 Å². The van der Waals surface area contributed by atoms with Gasteiger partial charge in [-0.25, -0.2) is 0 Å². The number of nitrogens with one attached hydrogen (secondary N) is 2. The van der Waals surface area contributed by atoms with Gasteiger partial charge in [-0.05, 0) is 82.6 Å². The van der Waals surface area contributed by atoms with E-state index >= 15 is 0 Å². The second-order valence-corrected chi connectivity index (χ2v) is 13.9. The van der Waals surface area contributed by atoms with E-state index in [0.29, 0.717) is 30.9 Å². The maximum Gasteiger partial charge on any atom is 0.246 e. The van der Waals surface area contributed by atoms with Gasteiger partial charge in [-0.2, -0.15) is 0 Å². The second-order valence-electron chi connectivity index (χ2n) is 13.9. The molecular formula is C31H47N3O6. The fourth-order valence-corrected chi connectivity index (χ4v) is 7.71. The number of fused-ring (bicyclic) bond motifs is 1. The number of anilines is 1. The average Bonchev–Trinajstić information content (AvgIpc) is 3.33. The third-order valence-corrected chi connectivity index (χ3v) is 8.77. The normalized spacial score (nSPS) is 31.3. The summed E-state index contributed by atoms with van der Waals surface area (Å²) >= 11 is 0. The molecule has 40 heavy (non-hydrogen) atoms. The number of ether oxygens (including phenoxy) is 2. The van der Waals surface area contributed by atoms with Crippen molar-refractivity contribution in [3.05, 3.63) is 24.3 Å². The summed E-state index contributed by atoms with van der Waals surface area (Å²) in [7, 11) is 0. The average molecular weight is 558 g/mol. The molecule has 0 saturated carbocycles. The van der Waals surface area contributed by atoms with E-state index in [9.17, 15) is 19.5 Å². The Hall–Kier alpha value is -2.65. The molecule has 3 unspecified atom stereocenters. The van der Waals surface area contributed by atoms with Crippen LogP contribution in [0.4, 0.5) is 5.69 Å². The molecule has 3 heterocycles. The highest BCUT2D eigenvalue weighted by Gasteiger charge is 2.79. The van der Waals surface area contributed by atoms with Crippen molar-refractivity contribution in [1.29, 1.82) is 0 Å². The van der Waals surface area contributed by atoms with E-state index < -0.39 is 34.6 Å². The molecule has 1 aromatic rings. The van der Waals surface area contributed by atoms with Gasteiger partial charge in [0.05, 0.1) is 24.0 Å².